The molecular formula is C12H10N4S. The Morgan fingerprint density at radius 1 is 1.29 bits per heavy atom. The van der Waals surface area contributed by atoms with Gasteiger partial charge in [0.15, 0.2) is 6.17 Å². The van der Waals surface area contributed by atoms with Crippen LogP contribution in [0.3, 0.4) is 0 Å². The molecule has 3 rings (SSSR count). The molecule has 0 saturated carbocycles. The minimum Gasteiger partial charge on any atom is -0.310 e. The molecule has 0 N–H and O–H groups in total. The Balaban J connectivity index is 1.98. The average Bonchev–Trinajstić information content (AvgIpc) is 2.94. The van der Waals surface area contributed by atoms with E-state index in [0.717, 1.165) is 10.7 Å². The van der Waals surface area contributed by atoms with E-state index in [-0.39, 0.29) is 6.17 Å². The quantitative estimate of drug-likeness (QED) is 0.813. The van der Waals surface area contributed by atoms with Crippen molar-refractivity contribution in [1.82, 2.24) is 9.97 Å². The molecule has 0 amide bonds. The van der Waals surface area contributed by atoms with Gasteiger partial charge in [0.1, 0.15) is 5.00 Å². The monoisotopic (exact) mass is 242 g/mol. The zero-order valence-electron chi connectivity index (χ0n) is 8.97. The second kappa shape index (κ2) is 4.47. The lowest BCUT2D eigenvalue weighted by Gasteiger charge is -2.27. The molecule has 1 unspecified atom stereocenters. The molecule has 0 bridgehead atoms. The average molecular weight is 242 g/mol. The van der Waals surface area contributed by atoms with Gasteiger partial charge in [0, 0.05) is 18.6 Å². The van der Waals surface area contributed by atoms with Gasteiger partial charge in [-0.05, 0) is 18.2 Å². The van der Waals surface area contributed by atoms with Gasteiger partial charge in [-0.25, -0.2) is 0 Å². The molecule has 0 aromatic carbocycles. The molecule has 0 spiro atoms. The third-order valence-electron chi connectivity index (χ3n) is 2.45. The van der Waals surface area contributed by atoms with Crippen molar-refractivity contribution < 1.29 is 0 Å². The number of allylic oxidation sites excluding steroid dienone is 1. The van der Waals surface area contributed by atoms with Crippen LogP contribution in [-0.2, 0) is 0 Å². The highest BCUT2D eigenvalue weighted by molar-refractivity contribution is 7.13. The van der Waals surface area contributed by atoms with Crippen LogP contribution in [-0.4, -0.2) is 16.2 Å². The number of pyridine rings is 1. The summed E-state index contributed by atoms with van der Waals surface area (Å²) < 4.78 is 0. The fourth-order valence-corrected chi connectivity index (χ4v) is 2.33. The van der Waals surface area contributed by atoms with E-state index in [0.29, 0.717) is 0 Å². The number of rotatable bonds is 2. The lowest BCUT2D eigenvalue weighted by molar-refractivity contribution is 0.708. The lowest BCUT2D eigenvalue weighted by Crippen LogP contribution is -2.23. The summed E-state index contributed by atoms with van der Waals surface area (Å²) in [5.74, 6) is 0. The van der Waals surface area contributed by atoms with Gasteiger partial charge >= 0.3 is 0 Å². The number of nitrogens with zero attached hydrogens (tertiary/aromatic N) is 4. The van der Waals surface area contributed by atoms with E-state index >= 15 is 0 Å². The summed E-state index contributed by atoms with van der Waals surface area (Å²) in [4.78, 5) is 15.0. The number of anilines is 1. The molecule has 0 saturated heterocycles. The smallest absolute Gasteiger partial charge is 0.168 e. The highest BCUT2D eigenvalue weighted by Crippen LogP contribution is 2.31. The van der Waals surface area contributed by atoms with Gasteiger partial charge in [0.25, 0.3) is 0 Å². The summed E-state index contributed by atoms with van der Waals surface area (Å²) in [6, 6.07) is 5.86. The minimum absolute atomic E-state index is 0.0957. The molecule has 1 aliphatic heterocycles. The summed E-state index contributed by atoms with van der Waals surface area (Å²) >= 11 is 1.59. The first kappa shape index (κ1) is 10.2. The van der Waals surface area contributed by atoms with Crippen molar-refractivity contribution in [3.8, 4) is 0 Å². The van der Waals surface area contributed by atoms with Crippen LogP contribution in [0.25, 0.3) is 0 Å². The zero-order valence-corrected chi connectivity index (χ0v) is 9.79. The van der Waals surface area contributed by atoms with Gasteiger partial charge in [0.05, 0.1) is 17.4 Å². The first-order chi connectivity index (χ1) is 8.45. The Morgan fingerprint density at radius 3 is 3.06 bits per heavy atom. The molecule has 0 fully saturated rings. The second-order valence-corrected chi connectivity index (χ2v) is 4.38. The topological polar surface area (TPSA) is 41.4 Å². The third kappa shape index (κ3) is 1.97. The van der Waals surface area contributed by atoms with Gasteiger partial charge in [-0.3, -0.25) is 15.0 Å². The summed E-state index contributed by atoms with van der Waals surface area (Å²) in [5.41, 5.74) is 2.75. The SMILES string of the molecule is C1=CN(c2cncs2)C(c2ccccn2)N=C1. The van der Waals surface area contributed by atoms with E-state index in [1.807, 2.05) is 42.2 Å². The van der Waals surface area contributed by atoms with Crippen LogP contribution >= 0.6 is 11.3 Å². The summed E-state index contributed by atoms with van der Waals surface area (Å²) in [6.45, 7) is 0. The number of aromatic nitrogens is 2. The minimum atomic E-state index is -0.0957. The Hall–Kier alpha value is -2.01. The van der Waals surface area contributed by atoms with E-state index in [9.17, 15) is 0 Å². The van der Waals surface area contributed by atoms with Crippen molar-refractivity contribution in [3.63, 3.8) is 0 Å². The summed E-state index contributed by atoms with van der Waals surface area (Å²) in [6.07, 6.45) is 9.25. The predicted molar refractivity (Wildman–Crippen MR) is 69.2 cm³/mol. The summed E-state index contributed by atoms with van der Waals surface area (Å²) in [7, 11) is 0. The van der Waals surface area contributed by atoms with Crippen LogP contribution in [0.5, 0.6) is 0 Å². The van der Waals surface area contributed by atoms with Gasteiger partial charge in [-0.1, -0.05) is 6.07 Å². The second-order valence-electron chi connectivity index (χ2n) is 3.51. The van der Waals surface area contributed by atoms with Crippen LogP contribution in [0.15, 0.2) is 53.4 Å². The zero-order chi connectivity index (χ0) is 11.5. The van der Waals surface area contributed by atoms with Crippen molar-refractivity contribution in [2.75, 3.05) is 4.90 Å². The van der Waals surface area contributed by atoms with Gasteiger partial charge in [-0.15, -0.1) is 11.3 Å². The van der Waals surface area contributed by atoms with Crippen LogP contribution in [0, 0.1) is 0 Å². The maximum Gasteiger partial charge on any atom is 0.168 e. The largest absolute Gasteiger partial charge is 0.310 e. The van der Waals surface area contributed by atoms with Crippen LogP contribution in [0.1, 0.15) is 11.9 Å². The fraction of sp³-hybridized carbons (Fsp3) is 0.0833. The molecule has 0 radical (unpaired) electrons. The van der Waals surface area contributed by atoms with Gasteiger partial charge < -0.3 is 4.90 Å². The molecule has 84 valence electrons. The molecular weight excluding hydrogens is 232 g/mol. The van der Waals surface area contributed by atoms with Crippen molar-refractivity contribution >= 4 is 22.6 Å². The normalized spacial score (nSPS) is 18.6. The first-order valence-electron chi connectivity index (χ1n) is 5.23. The Bertz CT molecular complexity index is 533. The molecule has 1 aliphatic rings. The fourth-order valence-electron chi connectivity index (χ4n) is 1.69. The maximum absolute atomic E-state index is 4.47. The molecule has 2 aromatic heterocycles. The number of thiazole rings is 1. The highest BCUT2D eigenvalue weighted by Gasteiger charge is 2.21. The molecule has 5 heteroatoms. The van der Waals surface area contributed by atoms with Crippen molar-refractivity contribution in [2.24, 2.45) is 4.99 Å². The molecule has 0 aliphatic carbocycles. The van der Waals surface area contributed by atoms with Crippen molar-refractivity contribution in [2.45, 2.75) is 6.17 Å². The van der Waals surface area contributed by atoms with E-state index in [2.05, 4.69) is 19.9 Å². The van der Waals surface area contributed by atoms with Gasteiger partial charge in [0.2, 0.25) is 0 Å². The number of hydrogen-bond acceptors (Lipinski definition) is 5. The van der Waals surface area contributed by atoms with Crippen LogP contribution in [0.4, 0.5) is 5.00 Å². The first-order valence-corrected chi connectivity index (χ1v) is 6.11. The van der Waals surface area contributed by atoms with Gasteiger partial charge in [-0.2, -0.15) is 0 Å². The summed E-state index contributed by atoms with van der Waals surface area (Å²) in [5, 5.41) is 1.06. The van der Waals surface area contributed by atoms with E-state index < -0.39 is 0 Å². The van der Waals surface area contributed by atoms with E-state index in [4.69, 9.17) is 0 Å². The molecule has 2 aromatic rings. The number of aliphatic imine (C=N–C) groups is 1. The van der Waals surface area contributed by atoms with Crippen LogP contribution < -0.4 is 4.90 Å². The lowest BCUT2D eigenvalue weighted by atomic mass is 10.2. The molecule has 17 heavy (non-hydrogen) atoms. The molecule has 4 nitrogen and oxygen atoms in total. The maximum atomic E-state index is 4.47. The van der Waals surface area contributed by atoms with Crippen LogP contribution in [0.2, 0.25) is 0 Å². The molecule has 3 heterocycles. The predicted octanol–water partition coefficient (Wildman–Crippen LogP) is 2.64. The Morgan fingerprint density at radius 2 is 2.29 bits per heavy atom. The molecule has 1 atom stereocenters. The van der Waals surface area contributed by atoms with E-state index in [1.165, 1.54) is 0 Å². The third-order valence-corrected chi connectivity index (χ3v) is 3.23. The van der Waals surface area contributed by atoms with Crippen molar-refractivity contribution in [1.29, 1.82) is 0 Å². The highest BCUT2D eigenvalue weighted by atomic mass is 32.1. The Kier molecular flexibility index (Phi) is 2.67. The Labute approximate surface area is 103 Å². The van der Waals surface area contributed by atoms with Crippen molar-refractivity contribution in [3.05, 3.63) is 54.1 Å². The standard InChI is InChI=1S/C12H10N4S/c1-2-5-14-10(4-1)12-15-6-3-7-16(12)11-8-13-9-17-11/h1-9,12H. The van der Waals surface area contributed by atoms with E-state index in [1.54, 1.807) is 23.7 Å². The number of hydrogen-bond donors (Lipinski definition) is 0.